The Labute approximate surface area is 214 Å². The van der Waals surface area contributed by atoms with Gasteiger partial charge in [0.15, 0.2) is 0 Å². The van der Waals surface area contributed by atoms with Crippen molar-refractivity contribution in [3.05, 3.63) is 93.9 Å². The van der Waals surface area contributed by atoms with Gasteiger partial charge in [0.1, 0.15) is 18.1 Å². The molecule has 0 aliphatic carbocycles. The molecule has 6 nitrogen and oxygen atoms in total. The topological polar surface area (TPSA) is 63.9 Å². The van der Waals surface area contributed by atoms with E-state index in [4.69, 9.17) is 9.47 Å². The Morgan fingerprint density at radius 3 is 2.33 bits per heavy atom. The van der Waals surface area contributed by atoms with Gasteiger partial charge in [-0.1, -0.05) is 35.9 Å². The van der Waals surface area contributed by atoms with Gasteiger partial charge >= 0.3 is 0 Å². The minimum absolute atomic E-state index is 0.0238. The van der Waals surface area contributed by atoms with Crippen molar-refractivity contribution in [1.29, 1.82) is 0 Å². The van der Waals surface area contributed by atoms with E-state index in [0.29, 0.717) is 26.2 Å². The quantitative estimate of drug-likeness (QED) is 0.416. The van der Waals surface area contributed by atoms with Crippen LogP contribution in [0, 0.1) is 13.8 Å². The molecule has 1 N–H and O–H groups in total. The summed E-state index contributed by atoms with van der Waals surface area (Å²) in [4.78, 5) is 14.3. The molecule has 3 aromatic rings. The van der Waals surface area contributed by atoms with Gasteiger partial charge in [0.25, 0.3) is 5.56 Å². The van der Waals surface area contributed by atoms with Crippen molar-refractivity contribution in [3.63, 3.8) is 0 Å². The van der Waals surface area contributed by atoms with E-state index < -0.39 is 5.60 Å². The molecule has 0 radical (unpaired) electrons. The van der Waals surface area contributed by atoms with Gasteiger partial charge in [-0.05, 0) is 81.5 Å². The van der Waals surface area contributed by atoms with Crippen LogP contribution in [-0.2, 0) is 13.1 Å². The van der Waals surface area contributed by atoms with E-state index in [1.54, 1.807) is 10.6 Å². The van der Waals surface area contributed by atoms with Crippen molar-refractivity contribution >= 4 is 0 Å². The highest BCUT2D eigenvalue weighted by Crippen LogP contribution is 2.25. The maximum absolute atomic E-state index is 11.9. The Morgan fingerprint density at radius 1 is 0.861 bits per heavy atom. The Hall–Kier alpha value is -3.09. The molecule has 1 fully saturated rings. The van der Waals surface area contributed by atoms with E-state index in [0.717, 1.165) is 56.0 Å². The third-order valence-corrected chi connectivity index (χ3v) is 6.81. The normalized spacial score (nSPS) is 18.5. The minimum Gasteiger partial charge on any atom is -0.494 e. The van der Waals surface area contributed by atoms with Crippen LogP contribution in [0.1, 0.15) is 42.4 Å². The smallest absolute Gasteiger partial charge is 0.250 e. The summed E-state index contributed by atoms with van der Waals surface area (Å²) in [6.45, 7) is 8.23. The first-order chi connectivity index (χ1) is 17.4. The van der Waals surface area contributed by atoms with Crippen molar-refractivity contribution in [3.8, 4) is 11.5 Å². The zero-order chi connectivity index (χ0) is 25.4. The molecule has 2 aromatic carbocycles. The number of rotatable bonds is 10. The third-order valence-electron chi connectivity index (χ3n) is 6.81. The summed E-state index contributed by atoms with van der Waals surface area (Å²) in [7, 11) is 0. The first-order valence-electron chi connectivity index (χ1n) is 12.9. The fourth-order valence-corrected chi connectivity index (χ4v) is 4.59. The van der Waals surface area contributed by atoms with Crippen LogP contribution >= 0.6 is 0 Å². The van der Waals surface area contributed by atoms with Crippen molar-refractivity contribution in [2.45, 2.75) is 58.2 Å². The highest BCUT2D eigenvalue weighted by atomic mass is 16.5. The van der Waals surface area contributed by atoms with Crippen LogP contribution in [0.25, 0.3) is 0 Å². The lowest BCUT2D eigenvalue weighted by molar-refractivity contribution is -0.0168. The number of aliphatic hydroxyl groups is 1. The lowest BCUT2D eigenvalue weighted by Crippen LogP contribution is -2.37. The van der Waals surface area contributed by atoms with Crippen LogP contribution in [0.3, 0.4) is 0 Å². The van der Waals surface area contributed by atoms with Crippen LogP contribution in [0.2, 0.25) is 0 Å². The van der Waals surface area contributed by atoms with Crippen molar-refractivity contribution in [2.75, 3.05) is 26.3 Å². The molecule has 36 heavy (non-hydrogen) atoms. The minimum atomic E-state index is -0.791. The molecule has 192 valence electrons. The summed E-state index contributed by atoms with van der Waals surface area (Å²) < 4.78 is 13.5. The van der Waals surface area contributed by atoms with Gasteiger partial charge in [0, 0.05) is 31.9 Å². The molecular weight excluding hydrogens is 452 g/mol. The molecule has 0 spiro atoms. The summed E-state index contributed by atoms with van der Waals surface area (Å²) in [5.74, 6) is 1.65. The summed E-state index contributed by atoms with van der Waals surface area (Å²) in [5, 5.41) is 11.1. The molecule has 0 bridgehead atoms. The molecule has 1 aliphatic rings. The fourth-order valence-electron chi connectivity index (χ4n) is 4.59. The second-order valence-electron chi connectivity index (χ2n) is 10.0. The van der Waals surface area contributed by atoms with E-state index in [-0.39, 0.29) is 5.56 Å². The second kappa shape index (κ2) is 12.2. The number of benzene rings is 2. The lowest BCUT2D eigenvalue weighted by Gasteiger charge is -2.27. The summed E-state index contributed by atoms with van der Waals surface area (Å²) in [6.07, 6.45) is 5.05. The highest BCUT2D eigenvalue weighted by Gasteiger charge is 2.31. The van der Waals surface area contributed by atoms with Gasteiger partial charge in [0.05, 0.1) is 12.2 Å². The number of ether oxygens (including phenoxy) is 2. The Balaban J connectivity index is 1.19. The fraction of sp³-hybridized carbons (Fsp3) is 0.433. The molecule has 2 heterocycles. The van der Waals surface area contributed by atoms with E-state index in [9.17, 15) is 9.90 Å². The zero-order valence-electron chi connectivity index (χ0n) is 21.5. The Bertz CT molecular complexity index is 1160. The summed E-state index contributed by atoms with van der Waals surface area (Å²) >= 11 is 0. The summed E-state index contributed by atoms with van der Waals surface area (Å²) in [6, 6.07) is 19.7. The van der Waals surface area contributed by atoms with Crippen LogP contribution in [0.5, 0.6) is 11.5 Å². The molecule has 0 amide bonds. The first kappa shape index (κ1) is 26.0. The van der Waals surface area contributed by atoms with Crippen LogP contribution in [0.15, 0.2) is 71.7 Å². The van der Waals surface area contributed by atoms with Gasteiger partial charge in [-0.25, -0.2) is 0 Å². The Kier molecular flexibility index (Phi) is 8.83. The average Bonchev–Trinajstić information content (AvgIpc) is 3.06. The monoisotopic (exact) mass is 490 g/mol. The van der Waals surface area contributed by atoms with E-state index >= 15 is 0 Å². The van der Waals surface area contributed by atoms with Crippen molar-refractivity contribution < 1.29 is 14.6 Å². The molecule has 6 heteroatoms. The predicted molar refractivity (Wildman–Crippen MR) is 143 cm³/mol. The highest BCUT2D eigenvalue weighted by molar-refractivity contribution is 5.27. The van der Waals surface area contributed by atoms with Gasteiger partial charge in [-0.15, -0.1) is 0 Å². The van der Waals surface area contributed by atoms with Crippen molar-refractivity contribution in [1.82, 2.24) is 9.47 Å². The molecule has 1 aliphatic heterocycles. The number of likely N-dealkylation sites (tertiary alicyclic amines) is 1. The zero-order valence-corrected chi connectivity index (χ0v) is 21.5. The molecular formula is C30H38N2O4. The van der Waals surface area contributed by atoms with E-state index in [1.165, 1.54) is 11.1 Å². The predicted octanol–water partition coefficient (Wildman–Crippen LogP) is 4.73. The van der Waals surface area contributed by atoms with Gasteiger partial charge in [-0.3, -0.25) is 9.69 Å². The van der Waals surface area contributed by atoms with Crippen LogP contribution < -0.4 is 15.0 Å². The Morgan fingerprint density at radius 2 is 1.56 bits per heavy atom. The lowest BCUT2D eigenvalue weighted by atomic mass is 9.96. The third kappa shape index (κ3) is 7.70. The number of hydrogen-bond donors (Lipinski definition) is 1. The van der Waals surface area contributed by atoms with Crippen LogP contribution in [-0.4, -0.2) is 46.5 Å². The summed E-state index contributed by atoms with van der Waals surface area (Å²) in [5.41, 5.74) is 2.74. The molecule has 0 saturated carbocycles. The number of aromatic nitrogens is 1. The molecule has 4 rings (SSSR count). The van der Waals surface area contributed by atoms with Crippen LogP contribution in [0.4, 0.5) is 0 Å². The van der Waals surface area contributed by atoms with Gasteiger partial charge < -0.3 is 19.1 Å². The standard InChI is InChI=1S/C30H38N2O4/c1-24-5-10-28(11-6-24)36-23-30(34)15-3-17-31(19-16-30)22-26-8-12-27(13-9-26)35-20-4-18-32-21-25(2)7-14-29(32)33/h5-14,21,34H,3-4,15-20,22-23H2,1-2H3/t30-/m1/s1. The largest absolute Gasteiger partial charge is 0.494 e. The number of pyridine rings is 1. The van der Waals surface area contributed by atoms with E-state index in [2.05, 4.69) is 24.0 Å². The maximum Gasteiger partial charge on any atom is 0.250 e. The van der Waals surface area contributed by atoms with Gasteiger partial charge in [-0.2, -0.15) is 0 Å². The maximum atomic E-state index is 11.9. The number of nitrogens with zero attached hydrogens (tertiary/aromatic N) is 2. The van der Waals surface area contributed by atoms with Gasteiger partial charge in [0.2, 0.25) is 0 Å². The number of hydrogen-bond acceptors (Lipinski definition) is 5. The molecule has 1 atom stereocenters. The van der Waals surface area contributed by atoms with E-state index in [1.807, 2.05) is 55.6 Å². The second-order valence-corrected chi connectivity index (χ2v) is 10.0. The molecule has 0 unspecified atom stereocenters. The SMILES string of the molecule is Cc1ccc(OC[C@@]2(O)CCCN(Cc3ccc(OCCCn4cc(C)ccc4=O)cc3)CC2)cc1. The first-order valence-corrected chi connectivity index (χ1v) is 12.9. The number of aryl methyl sites for hydroxylation is 3. The molecule has 1 aromatic heterocycles. The average molecular weight is 491 g/mol. The van der Waals surface area contributed by atoms with Crippen molar-refractivity contribution in [2.24, 2.45) is 0 Å². The molecule has 1 saturated heterocycles.